The van der Waals surface area contributed by atoms with E-state index in [1.54, 1.807) is 26.0 Å². The largest absolute Gasteiger partial charge is 0.298 e. The molecule has 0 fully saturated rings. The van der Waals surface area contributed by atoms with E-state index < -0.39 is 10.0 Å². The number of amides is 1. The average molecular weight is 437 g/mol. The Balaban J connectivity index is 1.69. The second kappa shape index (κ2) is 9.34. The van der Waals surface area contributed by atoms with E-state index in [0.717, 1.165) is 38.2 Å². The zero-order valence-corrected chi connectivity index (χ0v) is 18.8. The van der Waals surface area contributed by atoms with Crippen LogP contribution < -0.4 is 5.32 Å². The summed E-state index contributed by atoms with van der Waals surface area (Å²) in [6.07, 6.45) is 2.03. The van der Waals surface area contributed by atoms with Crippen LogP contribution >= 0.6 is 11.3 Å². The number of thiazole rings is 1. The predicted molar refractivity (Wildman–Crippen MR) is 116 cm³/mol. The van der Waals surface area contributed by atoms with Gasteiger partial charge in [0.25, 0.3) is 5.91 Å². The molecule has 0 radical (unpaired) electrons. The number of fused-ring (bicyclic) bond motifs is 1. The van der Waals surface area contributed by atoms with Crippen LogP contribution in [0, 0.1) is 0 Å². The molecule has 29 heavy (non-hydrogen) atoms. The first kappa shape index (κ1) is 21.9. The molecule has 9 heteroatoms. The molecule has 0 saturated carbocycles. The number of rotatable bonds is 8. The quantitative estimate of drug-likeness (QED) is 0.687. The molecule has 0 aliphatic carbocycles. The molecule has 2 heterocycles. The number of aromatic nitrogens is 1. The van der Waals surface area contributed by atoms with Gasteiger partial charge in [0.1, 0.15) is 0 Å². The predicted octanol–water partition coefficient (Wildman–Crippen LogP) is 3.19. The topological polar surface area (TPSA) is 82.6 Å². The Hall–Kier alpha value is -1.81. The molecule has 3 rings (SSSR count). The van der Waals surface area contributed by atoms with Crippen LogP contribution in [0.4, 0.5) is 5.13 Å². The molecule has 0 spiro atoms. The number of anilines is 1. The highest BCUT2D eigenvalue weighted by Gasteiger charge is 2.23. The fourth-order valence-corrected chi connectivity index (χ4v) is 5.97. The van der Waals surface area contributed by atoms with Crippen molar-refractivity contribution in [1.29, 1.82) is 0 Å². The van der Waals surface area contributed by atoms with E-state index in [1.807, 2.05) is 0 Å². The third-order valence-corrected chi connectivity index (χ3v) is 8.09. The molecule has 1 aromatic heterocycles. The van der Waals surface area contributed by atoms with E-state index >= 15 is 0 Å². The van der Waals surface area contributed by atoms with E-state index in [9.17, 15) is 13.2 Å². The molecule has 0 saturated heterocycles. The van der Waals surface area contributed by atoms with Crippen LogP contribution in [0.2, 0.25) is 0 Å². The fraction of sp³-hybridized carbons (Fsp3) is 0.500. The lowest BCUT2D eigenvalue weighted by molar-refractivity contribution is 0.102. The van der Waals surface area contributed by atoms with Gasteiger partial charge in [-0.1, -0.05) is 20.8 Å². The Kier molecular flexibility index (Phi) is 7.05. The van der Waals surface area contributed by atoms with Gasteiger partial charge in [0.2, 0.25) is 10.0 Å². The average Bonchev–Trinajstić information content (AvgIpc) is 3.10. The minimum absolute atomic E-state index is 0.193. The van der Waals surface area contributed by atoms with Gasteiger partial charge < -0.3 is 0 Å². The summed E-state index contributed by atoms with van der Waals surface area (Å²) in [6, 6.07) is 6.06. The zero-order chi connectivity index (χ0) is 21.0. The van der Waals surface area contributed by atoms with Crippen LogP contribution in [-0.4, -0.2) is 54.7 Å². The highest BCUT2D eigenvalue weighted by Crippen LogP contribution is 2.28. The van der Waals surface area contributed by atoms with Crippen molar-refractivity contribution in [3.8, 4) is 0 Å². The van der Waals surface area contributed by atoms with E-state index in [4.69, 9.17) is 0 Å². The summed E-state index contributed by atoms with van der Waals surface area (Å²) in [6.45, 7) is 9.55. The number of nitrogens with zero attached hydrogens (tertiary/aromatic N) is 3. The van der Waals surface area contributed by atoms with Gasteiger partial charge in [-0.2, -0.15) is 4.31 Å². The van der Waals surface area contributed by atoms with Crippen LogP contribution in [0.1, 0.15) is 48.1 Å². The van der Waals surface area contributed by atoms with Crippen LogP contribution in [0.5, 0.6) is 0 Å². The third kappa shape index (κ3) is 4.85. The van der Waals surface area contributed by atoms with Gasteiger partial charge in [-0.25, -0.2) is 13.4 Å². The molecule has 1 amide bonds. The highest BCUT2D eigenvalue weighted by molar-refractivity contribution is 7.89. The summed E-state index contributed by atoms with van der Waals surface area (Å²) >= 11 is 1.52. The third-order valence-electron chi connectivity index (χ3n) is 5.03. The van der Waals surface area contributed by atoms with E-state index in [-0.39, 0.29) is 10.8 Å². The Morgan fingerprint density at radius 2 is 1.90 bits per heavy atom. The lowest BCUT2D eigenvalue weighted by Gasteiger charge is -2.24. The highest BCUT2D eigenvalue weighted by atomic mass is 32.2. The van der Waals surface area contributed by atoms with Crippen LogP contribution in [0.25, 0.3) is 0 Å². The molecular weight excluding hydrogens is 408 g/mol. The summed E-state index contributed by atoms with van der Waals surface area (Å²) in [5, 5.41) is 3.45. The molecule has 1 aliphatic heterocycles. The van der Waals surface area contributed by atoms with Crippen LogP contribution in [0.3, 0.4) is 0 Å². The van der Waals surface area contributed by atoms with Crippen molar-refractivity contribution < 1.29 is 13.2 Å². The lowest BCUT2D eigenvalue weighted by Crippen LogP contribution is -2.30. The lowest BCUT2D eigenvalue weighted by atomic mass is 10.2. The molecule has 0 unspecified atom stereocenters. The first-order chi connectivity index (χ1) is 13.9. The van der Waals surface area contributed by atoms with E-state index in [0.29, 0.717) is 23.8 Å². The normalized spacial score (nSPS) is 14.8. The number of carbonyl (C=O) groups excluding carboxylic acids is 1. The Labute approximate surface area is 176 Å². The number of hydrogen-bond acceptors (Lipinski definition) is 6. The van der Waals surface area contributed by atoms with E-state index in [2.05, 4.69) is 22.1 Å². The molecular formula is C20H28N4O3S2. The van der Waals surface area contributed by atoms with Crippen molar-refractivity contribution in [2.45, 2.75) is 45.1 Å². The van der Waals surface area contributed by atoms with Gasteiger partial charge in [0.05, 0.1) is 10.6 Å². The number of hydrogen-bond donors (Lipinski definition) is 1. The van der Waals surface area contributed by atoms with Gasteiger partial charge in [0, 0.05) is 43.0 Å². The summed E-state index contributed by atoms with van der Waals surface area (Å²) in [5.74, 6) is -0.284. The molecule has 7 nitrogen and oxygen atoms in total. The maximum absolute atomic E-state index is 12.6. The van der Waals surface area contributed by atoms with Gasteiger partial charge in [-0.3, -0.25) is 15.0 Å². The summed E-state index contributed by atoms with van der Waals surface area (Å²) in [7, 11) is -3.53. The minimum Gasteiger partial charge on any atom is -0.298 e. The van der Waals surface area contributed by atoms with Crippen molar-refractivity contribution >= 4 is 32.4 Å². The maximum Gasteiger partial charge on any atom is 0.257 e. The second-order valence-electron chi connectivity index (χ2n) is 6.98. The Morgan fingerprint density at radius 1 is 1.21 bits per heavy atom. The molecule has 1 aromatic carbocycles. The Morgan fingerprint density at radius 3 is 2.52 bits per heavy atom. The summed E-state index contributed by atoms with van der Waals surface area (Å²) in [4.78, 5) is 21.0. The molecule has 2 aromatic rings. The molecule has 1 N–H and O–H groups in total. The maximum atomic E-state index is 12.6. The number of nitrogens with one attached hydrogen (secondary N) is 1. The zero-order valence-electron chi connectivity index (χ0n) is 17.1. The van der Waals surface area contributed by atoms with Crippen molar-refractivity contribution in [2.24, 2.45) is 0 Å². The number of sulfonamides is 1. The van der Waals surface area contributed by atoms with Crippen LogP contribution in [0.15, 0.2) is 29.2 Å². The van der Waals surface area contributed by atoms with Gasteiger partial charge in [-0.15, -0.1) is 11.3 Å². The number of benzene rings is 1. The molecule has 158 valence electrons. The SMILES string of the molecule is CCCN1CCc2nc(NC(=O)c3ccc(S(=O)(=O)N(CC)CC)cc3)sc2C1. The van der Waals surface area contributed by atoms with Crippen molar-refractivity contribution in [3.63, 3.8) is 0 Å². The smallest absolute Gasteiger partial charge is 0.257 e. The van der Waals surface area contributed by atoms with Gasteiger partial charge >= 0.3 is 0 Å². The van der Waals surface area contributed by atoms with Crippen molar-refractivity contribution in [1.82, 2.24) is 14.2 Å². The fourth-order valence-electron chi connectivity index (χ4n) is 3.47. The second-order valence-corrected chi connectivity index (χ2v) is 10.0. The first-order valence-corrected chi connectivity index (χ1v) is 12.3. The standard InChI is InChI=1S/C20H28N4O3S2/c1-4-12-23-13-11-17-18(14-23)28-20(21-17)22-19(25)15-7-9-16(10-8-15)29(26,27)24(5-2)6-3/h7-10H,4-6,11-14H2,1-3H3,(H,21,22,25). The van der Waals surface area contributed by atoms with Crippen molar-refractivity contribution in [2.75, 3.05) is 31.5 Å². The summed E-state index contributed by atoms with van der Waals surface area (Å²) < 4.78 is 26.5. The number of carbonyl (C=O) groups is 1. The molecule has 1 aliphatic rings. The van der Waals surface area contributed by atoms with Crippen LogP contribution in [-0.2, 0) is 23.0 Å². The van der Waals surface area contributed by atoms with Gasteiger partial charge in [0.15, 0.2) is 5.13 Å². The minimum atomic E-state index is -3.53. The Bertz CT molecular complexity index is 951. The van der Waals surface area contributed by atoms with E-state index in [1.165, 1.54) is 32.7 Å². The first-order valence-electron chi connectivity index (χ1n) is 10.0. The molecule has 0 atom stereocenters. The van der Waals surface area contributed by atoms with Gasteiger partial charge in [-0.05, 0) is 37.2 Å². The monoisotopic (exact) mass is 436 g/mol. The molecule has 0 bridgehead atoms. The summed E-state index contributed by atoms with van der Waals surface area (Å²) in [5.41, 5.74) is 1.47. The van der Waals surface area contributed by atoms with Crippen molar-refractivity contribution in [3.05, 3.63) is 40.4 Å².